The third-order valence-corrected chi connectivity index (χ3v) is 5.40. The second-order valence-electron chi connectivity index (χ2n) is 7.00. The van der Waals surface area contributed by atoms with E-state index in [0.717, 1.165) is 22.0 Å². The number of carbonyl (C=O) groups excluding carboxylic acids is 1. The highest BCUT2D eigenvalue weighted by Crippen LogP contribution is 2.30. The van der Waals surface area contributed by atoms with E-state index < -0.39 is 0 Å². The molecule has 2 rings (SSSR count). The van der Waals surface area contributed by atoms with Crippen molar-refractivity contribution in [3.8, 4) is 0 Å². The summed E-state index contributed by atoms with van der Waals surface area (Å²) < 4.78 is 0. The maximum absolute atomic E-state index is 13.0. The van der Waals surface area contributed by atoms with Crippen LogP contribution in [-0.4, -0.2) is 35.4 Å². The van der Waals surface area contributed by atoms with Crippen molar-refractivity contribution in [2.75, 3.05) is 19.6 Å². The van der Waals surface area contributed by atoms with Gasteiger partial charge in [0.1, 0.15) is 4.88 Å². The number of nitrogens with two attached hydrogens (primary N) is 1. The third kappa shape index (κ3) is 4.65. The number of hydrogen-bond acceptors (Lipinski definition) is 4. The molecule has 1 heterocycles. The van der Waals surface area contributed by atoms with Crippen LogP contribution in [0.25, 0.3) is 0 Å². The lowest BCUT2D eigenvalue weighted by Gasteiger charge is -2.21. The van der Waals surface area contributed by atoms with Crippen LogP contribution in [0.5, 0.6) is 0 Å². The highest BCUT2D eigenvalue weighted by molar-refractivity contribution is 7.14. The van der Waals surface area contributed by atoms with Gasteiger partial charge in [-0.15, -0.1) is 11.3 Å². The minimum absolute atomic E-state index is 0.0434. The zero-order valence-electron chi connectivity index (χ0n) is 15.0. The maximum atomic E-state index is 13.0. The minimum atomic E-state index is -0.0449. The van der Waals surface area contributed by atoms with Gasteiger partial charge in [-0.1, -0.05) is 51.1 Å². The predicted molar refractivity (Wildman–Crippen MR) is 101 cm³/mol. The van der Waals surface area contributed by atoms with E-state index in [-0.39, 0.29) is 11.3 Å². The zero-order valence-corrected chi connectivity index (χ0v) is 15.8. The van der Waals surface area contributed by atoms with E-state index in [1.165, 1.54) is 16.9 Å². The van der Waals surface area contributed by atoms with Gasteiger partial charge in [-0.2, -0.15) is 0 Å². The van der Waals surface area contributed by atoms with Gasteiger partial charge in [-0.3, -0.25) is 4.79 Å². The van der Waals surface area contributed by atoms with Gasteiger partial charge in [0.25, 0.3) is 5.91 Å². The lowest BCUT2D eigenvalue weighted by Crippen LogP contribution is -2.36. The van der Waals surface area contributed by atoms with Crippen LogP contribution in [0.3, 0.4) is 0 Å². The summed E-state index contributed by atoms with van der Waals surface area (Å²) in [6, 6.07) is 10.2. The molecule has 0 radical (unpaired) electrons. The molecule has 4 nitrogen and oxygen atoms in total. The first-order valence-electron chi connectivity index (χ1n) is 8.34. The minimum Gasteiger partial charge on any atom is -0.336 e. The number of nitrogens with zero attached hydrogens (tertiary/aromatic N) is 2. The van der Waals surface area contributed by atoms with E-state index >= 15 is 0 Å². The fraction of sp³-hybridized carbons (Fsp3) is 0.474. The molecule has 0 aliphatic carbocycles. The molecule has 0 saturated heterocycles. The molecule has 24 heavy (non-hydrogen) atoms. The van der Waals surface area contributed by atoms with Crippen LogP contribution in [0.4, 0.5) is 0 Å². The summed E-state index contributed by atoms with van der Waals surface area (Å²) in [7, 11) is 0. The number of amides is 1. The molecule has 1 aromatic heterocycles. The molecule has 0 spiro atoms. The van der Waals surface area contributed by atoms with Crippen LogP contribution in [0, 0.1) is 6.92 Å². The van der Waals surface area contributed by atoms with Crippen molar-refractivity contribution in [2.24, 2.45) is 5.73 Å². The quantitative estimate of drug-likeness (QED) is 0.873. The van der Waals surface area contributed by atoms with Crippen molar-refractivity contribution in [1.29, 1.82) is 0 Å². The van der Waals surface area contributed by atoms with Crippen molar-refractivity contribution in [2.45, 2.75) is 39.5 Å². The molecular weight excluding hydrogens is 318 g/mol. The number of hydrogen-bond donors (Lipinski definition) is 1. The molecule has 2 aromatic rings. The molecule has 130 valence electrons. The summed E-state index contributed by atoms with van der Waals surface area (Å²) in [6.07, 6.45) is 0.830. The molecule has 0 atom stereocenters. The van der Waals surface area contributed by atoms with Gasteiger partial charge >= 0.3 is 0 Å². The van der Waals surface area contributed by atoms with Crippen LogP contribution < -0.4 is 5.73 Å². The van der Waals surface area contributed by atoms with E-state index in [2.05, 4.69) is 37.9 Å². The van der Waals surface area contributed by atoms with Crippen LogP contribution in [0.15, 0.2) is 30.3 Å². The molecule has 5 heteroatoms. The van der Waals surface area contributed by atoms with Crippen molar-refractivity contribution in [1.82, 2.24) is 9.88 Å². The Morgan fingerprint density at radius 2 is 1.88 bits per heavy atom. The van der Waals surface area contributed by atoms with E-state index in [4.69, 9.17) is 5.73 Å². The predicted octanol–water partition coefficient (Wildman–Crippen LogP) is 3.39. The number of thiazole rings is 1. The lowest BCUT2D eigenvalue weighted by atomic mass is 9.98. The fourth-order valence-corrected chi connectivity index (χ4v) is 3.53. The number of aryl methyl sites for hydroxylation is 1. The Morgan fingerprint density at radius 3 is 2.42 bits per heavy atom. The number of rotatable bonds is 6. The first-order valence-corrected chi connectivity index (χ1v) is 9.15. The van der Waals surface area contributed by atoms with Gasteiger partial charge in [0.15, 0.2) is 0 Å². The van der Waals surface area contributed by atoms with Gasteiger partial charge in [0.2, 0.25) is 0 Å². The summed E-state index contributed by atoms with van der Waals surface area (Å²) >= 11 is 1.51. The molecule has 0 saturated carbocycles. The van der Waals surface area contributed by atoms with Crippen molar-refractivity contribution < 1.29 is 4.79 Å². The topological polar surface area (TPSA) is 59.2 Å². The monoisotopic (exact) mass is 345 g/mol. The summed E-state index contributed by atoms with van der Waals surface area (Å²) in [6.45, 7) is 9.96. The molecule has 0 unspecified atom stereocenters. The summed E-state index contributed by atoms with van der Waals surface area (Å²) in [4.78, 5) is 20.1. The van der Waals surface area contributed by atoms with Crippen LogP contribution in [0.2, 0.25) is 0 Å². The van der Waals surface area contributed by atoms with Crippen LogP contribution >= 0.6 is 11.3 Å². The Balaban J connectivity index is 2.15. The van der Waals surface area contributed by atoms with Crippen LogP contribution in [0.1, 0.15) is 46.7 Å². The highest BCUT2D eigenvalue weighted by Gasteiger charge is 2.25. The van der Waals surface area contributed by atoms with Gasteiger partial charge in [-0.05, 0) is 18.9 Å². The summed E-state index contributed by atoms with van der Waals surface area (Å²) in [5.74, 6) is 0.0434. The Hall–Kier alpha value is -1.72. The Bertz CT molecular complexity index is 674. The normalized spacial score (nSPS) is 11.5. The lowest BCUT2D eigenvalue weighted by molar-refractivity contribution is 0.0766. The molecular formula is C19H27N3OS. The number of carbonyl (C=O) groups is 1. The van der Waals surface area contributed by atoms with Crippen molar-refractivity contribution >= 4 is 17.2 Å². The Labute approximate surface area is 148 Å². The summed E-state index contributed by atoms with van der Waals surface area (Å²) in [5, 5.41) is 0.999. The Kier molecular flexibility index (Phi) is 6.13. The number of aromatic nitrogens is 1. The molecule has 0 bridgehead atoms. The fourth-order valence-electron chi connectivity index (χ4n) is 2.44. The molecule has 1 aromatic carbocycles. The van der Waals surface area contributed by atoms with E-state index in [1.54, 1.807) is 0 Å². The maximum Gasteiger partial charge on any atom is 0.265 e. The molecule has 2 N–H and O–H groups in total. The summed E-state index contributed by atoms with van der Waals surface area (Å²) in [5.41, 5.74) is 7.72. The van der Waals surface area contributed by atoms with Gasteiger partial charge in [0.05, 0.1) is 10.7 Å². The molecule has 0 aliphatic rings. The zero-order chi connectivity index (χ0) is 17.7. The second-order valence-corrected chi connectivity index (χ2v) is 8.00. The van der Waals surface area contributed by atoms with E-state index in [9.17, 15) is 4.79 Å². The molecule has 1 amide bonds. The van der Waals surface area contributed by atoms with Crippen molar-refractivity contribution in [3.05, 3.63) is 51.5 Å². The van der Waals surface area contributed by atoms with E-state index in [1.807, 2.05) is 30.0 Å². The van der Waals surface area contributed by atoms with E-state index in [0.29, 0.717) is 19.6 Å². The average Bonchev–Trinajstić information content (AvgIpc) is 2.94. The standard InChI is InChI=1S/C19H27N3OS/c1-14-16(24-18(21-14)19(2,3)4)17(23)22(13-11-20)12-10-15-8-6-5-7-9-15/h5-9H,10-13,20H2,1-4H3. The first kappa shape index (κ1) is 18.6. The molecule has 0 fully saturated rings. The second kappa shape index (κ2) is 7.90. The SMILES string of the molecule is Cc1nc(C(C)(C)C)sc1C(=O)N(CCN)CCc1ccccc1. The Morgan fingerprint density at radius 1 is 1.21 bits per heavy atom. The average molecular weight is 346 g/mol. The molecule has 0 aliphatic heterocycles. The largest absolute Gasteiger partial charge is 0.336 e. The smallest absolute Gasteiger partial charge is 0.265 e. The first-order chi connectivity index (χ1) is 11.3. The van der Waals surface area contributed by atoms with Gasteiger partial charge in [-0.25, -0.2) is 4.98 Å². The van der Waals surface area contributed by atoms with Crippen molar-refractivity contribution in [3.63, 3.8) is 0 Å². The van der Waals surface area contributed by atoms with Gasteiger partial charge in [0, 0.05) is 25.0 Å². The van der Waals surface area contributed by atoms with Crippen LogP contribution in [-0.2, 0) is 11.8 Å². The van der Waals surface area contributed by atoms with Gasteiger partial charge < -0.3 is 10.6 Å². The third-order valence-electron chi connectivity index (χ3n) is 3.83. The number of benzene rings is 1. The highest BCUT2D eigenvalue weighted by atomic mass is 32.1.